The summed E-state index contributed by atoms with van der Waals surface area (Å²) in [6.07, 6.45) is -0.455. The Hall–Kier alpha value is -2.19. The smallest absolute Gasteiger partial charge is 0.335 e. The molecule has 8 heteroatoms. The first kappa shape index (κ1) is 15.2. The molecule has 0 bridgehead atoms. The summed E-state index contributed by atoms with van der Waals surface area (Å²) < 4.78 is 18.9. The van der Waals surface area contributed by atoms with Crippen molar-refractivity contribution in [1.82, 2.24) is 4.90 Å². The van der Waals surface area contributed by atoms with Gasteiger partial charge in [0.1, 0.15) is 5.82 Å². The van der Waals surface area contributed by atoms with Gasteiger partial charge in [-0.2, -0.15) is 0 Å². The fourth-order valence-corrected chi connectivity index (χ4v) is 1.96. The van der Waals surface area contributed by atoms with Gasteiger partial charge < -0.3 is 25.2 Å². The third-order valence-electron chi connectivity index (χ3n) is 3.09. The number of aliphatic hydroxyl groups is 1. The summed E-state index contributed by atoms with van der Waals surface area (Å²) in [5.41, 5.74) is -0.297. The molecule has 0 aliphatic carbocycles. The molecule has 0 saturated carbocycles. The lowest BCUT2D eigenvalue weighted by Gasteiger charge is -2.32. The van der Waals surface area contributed by atoms with E-state index in [9.17, 15) is 14.0 Å². The lowest BCUT2D eigenvalue weighted by Crippen LogP contribution is -2.48. The SMILES string of the molecule is O=C(O)c1ccc(NC(=O)N2CCOC(CO)C2)c(F)c1. The largest absolute Gasteiger partial charge is 0.478 e. The highest BCUT2D eigenvalue weighted by molar-refractivity contribution is 5.91. The van der Waals surface area contributed by atoms with Crippen molar-refractivity contribution in [2.75, 3.05) is 31.6 Å². The molecule has 1 saturated heterocycles. The standard InChI is InChI=1S/C13H15FN2O5/c14-10-5-8(12(18)19)1-2-11(10)15-13(20)16-3-4-21-9(6-16)7-17/h1-2,5,9,17H,3-4,6-7H2,(H,15,20)(H,18,19). The number of hydrogen-bond donors (Lipinski definition) is 3. The minimum absolute atomic E-state index is 0.1000. The average molecular weight is 298 g/mol. The van der Waals surface area contributed by atoms with Gasteiger partial charge in [-0.3, -0.25) is 0 Å². The summed E-state index contributed by atoms with van der Waals surface area (Å²) in [6, 6.07) is 2.71. The average Bonchev–Trinajstić information content (AvgIpc) is 2.49. The Bertz CT molecular complexity index is 551. The monoisotopic (exact) mass is 298 g/mol. The summed E-state index contributed by atoms with van der Waals surface area (Å²) in [4.78, 5) is 24.1. The lowest BCUT2D eigenvalue weighted by molar-refractivity contribution is -0.0388. The van der Waals surface area contributed by atoms with Crippen molar-refractivity contribution in [1.29, 1.82) is 0 Å². The number of rotatable bonds is 3. The van der Waals surface area contributed by atoms with Crippen LogP contribution in [0, 0.1) is 5.82 Å². The van der Waals surface area contributed by atoms with Crippen LogP contribution < -0.4 is 5.32 Å². The lowest BCUT2D eigenvalue weighted by atomic mass is 10.2. The van der Waals surface area contributed by atoms with E-state index in [-0.39, 0.29) is 24.4 Å². The van der Waals surface area contributed by atoms with Crippen molar-refractivity contribution in [3.05, 3.63) is 29.6 Å². The minimum atomic E-state index is -1.24. The number of morpholine rings is 1. The molecule has 1 aromatic rings. The predicted octanol–water partition coefficient (Wildman–Crippen LogP) is 0.749. The zero-order valence-electron chi connectivity index (χ0n) is 11.1. The highest BCUT2D eigenvalue weighted by atomic mass is 19.1. The van der Waals surface area contributed by atoms with E-state index in [0.29, 0.717) is 13.2 Å². The van der Waals surface area contributed by atoms with Crippen LogP contribution in [0.5, 0.6) is 0 Å². The molecule has 3 N–H and O–H groups in total. The van der Waals surface area contributed by atoms with E-state index in [2.05, 4.69) is 5.32 Å². The number of urea groups is 1. The number of carbonyl (C=O) groups is 2. The van der Waals surface area contributed by atoms with Crippen LogP contribution in [0.25, 0.3) is 0 Å². The van der Waals surface area contributed by atoms with Crippen molar-refractivity contribution in [3.8, 4) is 0 Å². The van der Waals surface area contributed by atoms with Gasteiger partial charge in [0.25, 0.3) is 0 Å². The number of ether oxygens (including phenoxy) is 1. The molecule has 0 radical (unpaired) electrons. The van der Waals surface area contributed by atoms with Crippen LogP contribution >= 0.6 is 0 Å². The van der Waals surface area contributed by atoms with Crippen molar-refractivity contribution in [2.45, 2.75) is 6.10 Å². The van der Waals surface area contributed by atoms with Crippen LogP contribution in [-0.4, -0.2) is 59.5 Å². The van der Waals surface area contributed by atoms with Gasteiger partial charge in [-0.05, 0) is 18.2 Å². The van der Waals surface area contributed by atoms with E-state index in [1.165, 1.54) is 17.0 Å². The molecule has 114 valence electrons. The van der Waals surface area contributed by atoms with Crippen LogP contribution in [0.4, 0.5) is 14.9 Å². The second-order valence-electron chi connectivity index (χ2n) is 4.55. The van der Waals surface area contributed by atoms with Gasteiger partial charge in [0.2, 0.25) is 0 Å². The van der Waals surface area contributed by atoms with Crippen LogP contribution in [0.3, 0.4) is 0 Å². The summed E-state index contributed by atoms with van der Waals surface area (Å²) in [5, 5.41) is 20.1. The molecule has 1 unspecified atom stereocenters. The van der Waals surface area contributed by atoms with Gasteiger partial charge in [-0.25, -0.2) is 14.0 Å². The zero-order chi connectivity index (χ0) is 15.4. The van der Waals surface area contributed by atoms with Gasteiger partial charge in [-0.1, -0.05) is 0 Å². The van der Waals surface area contributed by atoms with E-state index in [1.807, 2.05) is 0 Å². The van der Waals surface area contributed by atoms with Crippen LogP contribution in [0.2, 0.25) is 0 Å². The molecular formula is C13H15FN2O5. The number of amides is 2. The number of hydrogen-bond acceptors (Lipinski definition) is 4. The van der Waals surface area contributed by atoms with Gasteiger partial charge in [-0.15, -0.1) is 0 Å². The third-order valence-corrected chi connectivity index (χ3v) is 3.09. The van der Waals surface area contributed by atoms with Gasteiger partial charge in [0, 0.05) is 6.54 Å². The molecule has 2 amide bonds. The molecule has 1 aliphatic heterocycles. The molecule has 7 nitrogen and oxygen atoms in total. The number of aromatic carboxylic acids is 1. The fraction of sp³-hybridized carbons (Fsp3) is 0.385. The second-order valence-corrected chi connectivity index (χ2v) is 4.55. The topological polar surface area (TPSA) is 99.1 Å². The summed E-state index contributed by atoms with van der Waals surface area (Å²) >= 11 is 0. The number of aliphatic hydroxyl groups excluding tert-OH is 1. The zero-order valence-corrected chi connectivity index (χ0v) is 11.1. The minimum Gasteiger partial charge on any atom is -0.478 e. The molecule has 1 fully saturated rings. The number of carboxylic acid groups (broad SMARTS) is 1. The summed E-state index contributed by atoms with van der Waals surface area (Å²) in [5.74, 6) is -2.07. The maximum absolute atomic E-state index is 13.7. The number of carboxylic acids is 1. The van der Waals surface area contributed by atoms with Crippen molar-refractivity contribution >= 4 is 17.7 Å². The number of benzene rings is 1. The number of anilines is 1. The van der Waals surface area contributed by atoms with Crippen molar-refractivity contribution in [2.24, 2.45) is 0 Å². The van der Waals surface area contributed by atoms with Gasteiger partial charge >= 0.3 is 12.0 Å². The second kappa shape index (κ2) is 6.51. The maximum Gasteiger partial charge on any atom is 0.335 e. The Morgan fingerprint density at radius 1 is 1.48 bits per heavy atom. The highest BCUT2D eigenvalue weighted by Crippen LogP contribution is 2.17. The first-order valence-corrected chi connectivity index (χ1v) is 6.32. The number of nitrogens with zero attached hydrogens (tertiary/aromatic N) is 1. The van der Waals surface area contributed by atoms with Crippen molar-refractivity contribution in [3.63, 3.8) is 0 Å². The Morgan fingerprint density at radius 3 is 2.86 bits per heavy atom. The predicted molar refractivity (Wildman–Crippen MR) is 70.8 cm³/mol. The first-order chi connectivity index (χ1) is 10.0. The normalized spacial score (nSPS) is 18.4. The first-order valence-electron chi connectivity index (χ1n) is 6.32. The molecule has 0 aromatic heterocycles. The molecule has 1 heterocycles. The highest BCUT2D eigenvalue weighted by Gasteiger charge is 2.24. The summed E-state index contributed by atoms with van der Waals surface area (Å²) in [7, 11) is 0. The number of carbonyl (C=O) groups excluding carboxylic acids is 1. The van der Waals surface area contributed by atoms with Crippen LogP contribution in [-0.2, 0) is 4.74 Å². The van der Waals surface area contributed by atoms with Gasteiger partial charge in [0.15, 0.2) is 0 Å². The molecule has 1 aromatic carbocycles. The molecule has 21 heavy (non-hydrogen) atoms. The number of halogens is 1. The molecular weight excluding hydrogens is 283 g/mol. The Labute approximate surface area is 119 Å². The Balaban J connectivity index is 2.04. The Kier molecular flexibility index (Phi) is 4.71. The third kappa shape index (κ3) is 3.67. The summed E-state index contributed by atoms with van der Waals surface area (Å²) in [6.45, 7) is 0.624. The van der Waals surface area contributed by atoms with E-state index in [0.717, 1.165) is 6.07 Å². The quantitative estimate of drug-likeness (QED) is 0.764. The van der Waals surface area contributed by atoms with Crippen LogP contribution in [0.15, 0.2) is 18.2 Å². The van der Waals surface area contributed by atoms with Crippen LogP contribution in [0.1, 0.15) is 10.4 Å². The fourth-order valence-electron chi connectivity index (χ4n) is 1.96. The number of nitrogens with one attached hydrogen (secondary N) is 1. The van der Waals surface area contributed by atoms with E-state index in [4.69, 9.17) is 14.9 Å². The Morgan fingerprint density at radius 2 is 2.24 bits per heavy atom. The molecule has 0 spiro atoms. The molecule has 1 atom stereocenters. The van der Waals surface area contributed by atoms with Crippen molar-refractivity contribution < 1.29 is 28.9 Å². The molecule has 2 rings (SSSR count). The maximum atomic E-state index is 13.7. The van der Waals surface area contributed by atoms with E-state index < -0.39 is 23.9 Å². The van der Waals surface area contributed by atoms with E-state index in [1.54, 1.807) is 0 Å². The van der Waals surface area contributed by atoms with Gasteiger partial charge in [0.05, 0.1) is 37.1 Å². The molecule has 1 aliphatic rings. The van der Waals surface area contributed by atoms with E-state index >= 15 is 0 Å².